The molecule has 0 saturated carbocycles. The van der Waals surface area contributed by atoms with Gasteiger partial charge in [-0.15, -0.1) is 0 Å². The maximum absolute atomic E-state index is 8.29. The fourth-order valence-corrected chi connectivity index (χ4v) is 2.59. The molecule has 0 saturated heterocycles. The molecule has 0 amide bonds. The summed E-state index contributed by atoms with van der Waals surface area (Å²) < 4.78 is 0. The summed E-state index contributed by atoms with van der Waals surface area (Å²) in [5.74, 6) is 0. The highest BCUT2D eigenvalue weighted by Crippen LogP contribution is 1.99. The minimum atomic E-state index is 0. The van der Waals surface area contributed by atoms with Crippen molar-refractivity contribution >= 4 is 0 Å². The molecular formula is C26H67N3O. The van der Waals surface area contributed by atoms with E-state index in [1.807, 2.05) is 0 Å². The van der Waals surface area contributed by atoms with Crippen LogP contribution in [-0.4, -0.2) is 31.3 Å². The van der Waals surface area contributed by atoms with Gasteiger partial charge in [-0.25, -0.2) is 0 Å². The Labute approximate surface area is 194 Å². The minimum absolute atomic E-state index is 0. The van der Waals surface area contributed by atoms with E-state index in [4.69, 9.17) is 10.8 Å². The molecule has 0 rings (SSSR count). The highest BCUT2D eigenvalue weighted by Gasteiger charge is 1.89. The monoisotopic (exact) mass is 438 g/mol. The van der Waals surface area contributed by atoms with Gasteiger partial charge >= 0.3 is 0 Å². The van der Waals surface area contributed by atoms with Crippen molar-refractivity contribution in [2.45, 2.75) is 145 Å². The van der Waals surface area contributed by atoms with E-state index < -0.39 is 0 Å². The predicted molar refractivity (Wildman–Crippen MR) is 144 cm³/mol. The van der Waals surface area contributed by atoms with Crippen LogP contribution >= 0.6 is 0 Å². The molecular weight excluding hydrogens is 370 g/mol. The summed E-state index contributed by atoms with van der Waals surface area (Å²) in [6.45, 7) is 12.6. The van der Waals surface area contributed by atoms with Gasteiger partial charge in [0.05, 0.1) is 0 Å². The predicted octanol–water partition coefficient (Wildman–Crippen LogP) is 8.26. The number of hydrogen-bond donors (Lipinski definition) is 4. The van der Waals surface area contributed by atoms with Crippen molar-refractivity contribution in [2.75, 3.05) is 26.2 Å². The van der Waals surface area contributed by atoms with Gasteiger partial charge in [0.2, 0.25) is 0 Å². The van der Waals surface area contributed by atoms with Crippen LogP contribution in [0.3, 0.4) is 0 Å². The topological polar surface area (TPSA) is 93.3 Å². The summed E-state index contributed by atoms with van der Waals surface area (Å²) in [4.78, 5) is 0. The van der Waals surface area contributed by atoms with Crippen LogP contribution in [0.1, 0.15) is 145 Å². The first-order valence-corrected chi connectivity index (χ1v) is 12.3. The van der Waals surface area contributed by atoms with Gasteiger partial charge in [-0.1, -0.05) is 120 Å². The average Bonchev–Trinajstić information content (AvgIpc) is 2.69. The van der Waals surface area contributed by atoms with Gasteiger partial charge < -0.3 is 22.3 Å². The van der Waals surface area contributed by atoms with E-state index in [1.54, 1.807) is 0 Å². The lowest BCUT2D eigenvalue weighted by atomic mass is 10.2. The van der Waals surface area contributed by atoms with E-state index in [2.05, 4.69) is 33.0 Å². The number of unbranched alkanes of at least 4 members (excludes halogenated alkanes) is 12. The van der Waals surface area contributed by atoms with Gasteiger partial charge in [0, 0.05) is 6.61 Å². The highest BCUT2D eigenvalue weighted by molar-refractivity contribution is 4.49. The molecule has 0 unspecified atom stereocenters. The molecule has 4 heteroatoms. The Bertz CT molecular complexity index is 177. The molecule has 0 aliphatic heterocycles. The first kappa shape index (κ1) is 43.7. The second-order valence-electron chi connectivity index (χ2n) is 7.50. The zero-order chi connectivity index (χ0) is 20.8. The van der Waals surface area contributed by atoms with Crippen molar-refractivity contribution in [3.05, 3.63) is 0 Å². The van der Waals surface area contributed by atoms with Crippen molar-refractivity contribution in [3.63, 3.8) is 0 Å². The van der Waals surface area contributed by atoms with E-state index in [1.165, 1.54) is 109 Å². The molecule has 0 heterocycles. The van der Waals surface area contributed by atoms with Crippen LogP contribution in [0.4, 0.5) is 0 Å². The SMILES string of the molecule is C.C.CCCCCCN.CCCCCCNCCCCCC.CCCCCCO.N. The molecule has 0 aliphatic rings. The van der Waals surface area contributed by atoms with Crippen LogP contribution in [-0.2, 0) is 0 Å². The zero-order valence-electron chi connectivity index (χ0n) is 20.4. The maximum atomic E-state index is 8.29. The van der Waals surface area contributed by atoms with Crippen LogP contribution in [0, 0.1) is 0 Å². The molecule has 30 heavy (non-hydrogen) atoms. The smallest absolute Gasteiger partial charge is 0.0431 e. The zero-order valence-corrected chi connectivity index (χ0v) is 20.4. The third-order valence-electron chi connectivity index (χ3n) is 4.48. The summed E-state index contributed by atoms with van der Waals surface area (Å²) in [6.07, 6.45) is 20.9. The van der Waals surface area contributed by atoms with E-state index in [0.29, 0.717) is 6.61 Å². The molecule has 0 aromatic carbocycles. The summed E-state index contributed by atoms with van der Waals surface area (Å²) in [5, 5.41) is 11.8. The third kappa shape index (κ3) is 63.0. The number of nitrogens with one attached hydrogen (secondary N) is 1. The van der Waals surface area contributed by atoms with Crippen LogP contribution in [0.5, 0.6) is 0 Å². The molecule has 0 radical (unpaired) electrons. The van der Waals surface area contributed by atoms with Crippen molar-refractivity contribution in [1.82, 2.24) is 11.5 Å². The number of nitrogens with two attached hydrogens (primary N) is 1. The summed E-state index contributed by atoms with van der Waals surface area (Å²) in [5.41, 5.74) is 5.27. The van der Waals surface area contributed by atoms with Crippen LogP contribution in [0.25, 0.3) is 0 Å². The van der Waals surface area contributed by atoms with Gasteiger partial charge in [-0.3, -0.25) is 0 Å². The van der Waals surface area contributed by atoms with Gasteiger partial charge in [0.15, 0.2) is 0 Å². The van der Waals surface area contributed by atoms with E-state index in [0.717, 1.165) is 13.0 Å². The molecule has 4 nitrogen and oxygen atoms in total. The number of aliphatic hydroxyl groups excluding tert-OH is 1. The van der Waals surface area contributed by atoms with E-state index in [-0.39, 0.29) is 21.0 Å². The van der Waals surface area contributed by atoms with E-state index >= 15 is 0 Å². The molecule has 192 valence electrons. The summed E-state index contributed by atoms with van der Waals surface area (Å²) in [7, 11) is 0. The largest absolute Gasteiger partial charge is 0.396 e. The number of hydrogen-bond acceptors (Lipinski definition) is 4. The lowest BCUT2D eigenvalue weighted by Crippen LogP contribution is -2.16. The molecule has 0 aromatic heterocycles. The lowest BCUT2D eigenvalue weighted by molar-refractivity contribution is 0.283. The van der Waals surface area contributed by atoms with Gasteiger partial charge in [0.25, 0.3) is 0 Å². The Balaban J connectivity index is -0.0000000737. The molecule has 0 fully saturated rings. The summed E-state index contributed by atoms with van der Waals surface area (Å²) in [6, 6.07) is 0. The second kappa shape index (κ2) is 51.5. The van der Waals surface area contributed by atoms with Gasteiger partial charge in [0.1, 0.15) is 0 Å². The molecule has 0 aromatic rings. The van der Waals surface area contributed by atoms with Crippen molar-refractivity contribution < 1.29 is 5.11 Å². The minimum Gasteiger partial charge on any atom is -0.396 e. The van der Waals surface area contributed by atoms with Crippen molar-refractivity contribution in [1.29, 1.82) is 0 Å². The first-order valence-electron chi connectivity index (χ1n) is 12.3. The Morgan fingerprint density at radius 1 is 0.533 bits per heavy atom. The Kier molecular flexibility index (Phi) is 74.9. The normalized spacial score (nSPS) is 9.00. The molecule has 0 atom stereocenters. The van der Waals surface area contributed by atoms with Crippen LogP contribution in [0.15, 0.2) is 0 Å². The molecule has 0 aliphatic carbocycles. The maximum Gasteiger partial charge on any atom is 0.0431 e. The highest BCUT2D eigenvalue weighted by atomic mass is 16.2. The number of aliphatic hydroxyl groups is 1. The van der Waals surface area contributed by atoms with Gasteiger partial charge in [-0.2, -0.15) is 0 Å². The van der Waals surface area contributed by atoms with Crippen LogP contribution < -0.4 is 17.2 Å². The average molecular weight is 438 g/mol. The quantitative estimate of drug-likeness (QED) is 0.162. The Morgan fingerprint density at radius 3 is 1.17 bits per heavy atom. The lowest BCUT2D eigenvalue weighted by Gasteiger charge is -2.03. The standard InChI is InChI=1S/C12H27N.C6H15N.C6H14O.2CH4.H3N/c1-3-5-7-9-11-13-12-10-8-6-4-2;2*1-2-3-4-5-6-7;;;/h13H,3-12H2,1-2H3;2-7H2,1H3;7H,2-6H2,1H3;2*1H4;1H3. The van der Waals surface area contributed by atoms with Crippen molar-refractivity contribution in [2.24, 2.45) is 5.73 Å². The Hall–Kier alpha value is -0.160. The number of rotatable bonds is 18. The van der Waals surface area contributed by atoms with Crippen molar-refractivity contribution in [3.8, 4) is 0 Å². The molecule has 7 N–H and O–H groups in total. The second-order valence-corrected chi connectivity index (χ2v) is 7.50. The fourth-order valence-electron chi connectivity index (χ4n) is 2.59. The summed E-state index contributed by atoms with van der Waals surface area (Å²) >= 11 is 0. The Morgan fingerprint density at radius 2 is 0.867 bits per heavy atom. The molecule has 0 bridgehead atoms. The fraction of sp³-hybridized carbons (Fsp3) is 1.00. The van der Waals surface area contributed by atoms with Crippen LogP contribution in [0.2, 0.25) is 0 Å². The third-order valence-corrected chi connectivity index (χ3v) is 4.48. The van der Waals surface area contributed by atoms with Gasteiger partial charge in [-0.05, 0) is 45.3 Å². The van der Waals surface area contributed by atoms with E-state index in [9.17, 15) is 0 Å². The first-order chi connectivity index (χ1) is 13.2. The molecule has 0 spiro atoms.